The van der Waals surface area contributed by atoms with Crippen LogP contribution in [0.15, 0.2) is 24.3 Å². The molecule has 0 fully saturated rings. The average Bonchev–Trinajstić information content (AvgIpc) is 2.01. The van der Waals surface area contributed by atoms with E-state index in [4.69, 9.17) is 4.74 Å². The number of benzene rings is 1. The normalized spacial score (nSPS) is 11.9. The first-order valence-electron chi connectivity index (χ1n) is 4.45. The third kappa shape index (κ3) is 4.01. The zero-order valence-corrected chi connectivity index (χ0v) is 11.7. The summed E-state index contributed by atoms with van der Waals surface area (Å²) < 4.78 is 5.93. The maximum Gasteiger partial charge on any atom is 0.120 e. The monoisotopic (exact) mass is 320 g/mol. The highest BCUT2D eigenvalue weighted by atomic mass is 79.9. The Morgan fingerprint density at radius 1 is 1.21 bits per heavy atom. The summed E-state index contributed by atoms with van der Waals surface area (Å²) in [5.74, 6) is 0.902. The molecule has 0 aliphatic carbocycles. The zero-order valence-electron chi connectivity index (χ0n) is 8.55. The molecule has 0 aliphatic rings. The van der Waals surface area contributed by atoms with E-state index in [0.29, 0.717) is 0 Å². The standard InChI is InChI=1S/C11H14Br2O/c1-11(2,3)14-9-6-4-5-8(7-9)10(12)13/h4-7,10H,1-3H3. The second kappa shape index (κ2) is 4.67. The van der Waals surface area contributed by atoms with Gasteiger partial charge in [0.05, 0.1) is 3.74 Å². The molecular weight excluding hydrogens is 308 g/mol. The van der Waals surface area contributed by atoms with Gasteiger partial charge in [0.1, 0.15) is 11.4 Å². The molecule has 0 aliphatic heterocycles. The molecule has 1 nitrogen and oxygen atoms in total. The minimum Gasteiger partial charge on any atom is -0.488 e. The molecule has 0 amide bonds. The van der Waals surface area contributed by atoms with Gasteiger partial charge in [-0.15, -0.1) is 0 Å². The van der Waals surface area contributed by atoms with Crippen molar-refractivity contribution >= 4 is 31.9 Å². The fourth-order valence-corrected chi connectivity index (χ4v) is 1.64. The van der Waals surface area contributed by atoms with Crippen molar-refractivity contribution < 1.29 is 4.74 Å². The van der Waals surface area contributed by atoms with E-state index in [1.165, 1.54) is 0 Å². The van der Waals surface area contributed by atoms with Gasteiger partial charge in [-0.05, 0) is 38.5 Å². The van der Waals surface area contributed by atoms with Crippen LogP contribution < -0.4 is 4.74 Å². The van der Waals surface area contributed by atoms with Crippen LogP contribution in [0.4, 0.5) is 0 Å². The minimum absolute atomic E-state index is 0.146. The van der Waals surface area contributed by atoms with Crippen LogP contribution in [0.2, 0.25) is 0 Å². The lowest BCUT2D eigenvalue weighted by Crippen LogP contribution is -2.22. The highest BCUT2D eigenvalue weighted by Crippen LogP contribution is 2.31. The SMILES string of the molecule is CC(C)(C)Oc1cccc(C(Br)Br)c1. The van der Waals surface area contributed by atoms with Crippen LogP contribution >= 0.6 is 31.9 Å². The number of halogens is 2. The summed E-state index contributed by atoms with van der Waals surface area (Å²) in [5, 5.41) is 0. The summed E-state index contributed by atoms with van der Waals surface area (Å²) in [6, 6.07) is 8.03. The van der Waals surface area contributed by atoms with Crippen LogP contribution in [0.1, 0.15) is 30.1 Å². The van der Waals surface area contributed by atoms with Crippen molar-refractivity contribution in [2.75, 3.05) is 0 Å². The number of rotatable bonds is 2. The van der Waals surface area contributed by atoms with Crippen LogP contribution in [-0.2, 0) is 0 Å². The Balaban J connectivity index is 2.84. The van der Waals surface area contributed by atoms with E-state index in [0.717, 1.165) is 11.3 Å². The third-order valence-corrected chi connectivity index (χ3v) is 2.59. The molecule has 1 rings (SSSR count). The van der Waals surface area contributed by atoms with E-state index in [1.807, 2.05) is 45.0 Å². The lowest BCUT2D eigenvalue weighted by molar-refractivity contribution is 0.131. The summed E-state index contributed by atoms with van der Waals surface area (Å²) in [4.78, 5) is 0. The Bertz CT molecular complexity index is 302. The molecule has 3 heteroatoms. The Kier molecular flexibility index (Phi) is 4.02. The summed E-state index contributed by atoms with van der Waals surface area (Å²) in [7, 11) is 0. The van der Waals surface area contributed by atoms with Crippen molar-refractivity contribution in [2.45, 2.75) is 30.1 Å². The van der Waals surface area contributed by atoms with Crippen LogP contribution in [0.3, 0.4) is 0 Å². The molecule has 0 radical (unpaired) electrons. The summed E-state index contributed by atoms with van der Waals surface area (Å²) in [6.45, 7) is 6.12. The molecule has 0 spiro atoms. The lowest BCUT2D eigenvalue weighted by atomic mass is 10.2. The van der Waals surface area contributed by atoms with E-state index in [1.54, 1.807) is 0 Å². The quantitative estimate of drug-likeness (QED) is 0.720. The largest absolute Gasteiger partial charge is 0.488 e. The molecule has 0 aromatic heterocycles. The van der Waals surface area contributed by atoms with Crippen LogP contribution in [0, 0.1) is 0 Å². The van der Waals surface area contributed by atoms with Gasteiger partial charge in [0.15, 0.2) is 0 Å². The second-order valence-corrected chi connectivity index (χ2v) is 7.15. The van der Waals surface area contributed by atoms with E-state index in [-0.39, 0.29) is 9.34 Å². The molecule has 0 atom stereocenters. The number of hydrogen-bond donors (Lipinski definition) is 0. The second-order valence-electron chi connectivity index (χ2n) is 4.09. The van der Waals surface area contributed by atoms with Gasteiger partial charge in [0, 0.05) is 0 Å². The van der Waals surface area contributed by atoms with Gasteiger partial charge < -0.3 is 4.74 Å². The first-order chi connectivity index (χ1) is 6.38. The van der Waals surface area contributed by atoms with Gasteiger partial charge in [-0.3, -0.25) is 0 Å². The van der Waals surface area contributed by atoms with Gasteiger partial charge >= 0.3 is 0 Å². The molecule has 0 unspecified atom stereocenters. The Labute approximate surface area is 102 Å². The maximum atomic E-state index is 5.75. The molecule has 14 heavy (non-hydrogen) atoms. The fourth-order valence-electron chi connectivity index (χ4n) is 1.07. The molecule has 0 saturated carbocycles. The summed E-state index contributed by atoms with van der Waals surface area (Å²) >= 11 is 6.91. The molecule has 0 N–H and O–H groups in total. The van der Waals surface area contributed by atoms with Crippen LogP contribution in [0.25, 0.3) is 0 Å². The Morgan fingerprint density at radius 3 is 2.36 bits per heavy atom. The molecule has 1 aromatic rings. The fraction of sp³-hybridized carbons (Fsp3) is 0.455. The molecule has 0 bridgehead atoms. The highest BCUT2D eigenvalue weighted by Gasteiger charge is 2.12. The van der Waals surface area contributed by atoms with Gasteiger partial charge in [-0.25, -0.2) is 0 Å². The number of hydrogen-bond acceptors (Lipinski definition) is 1. The lowest BCUT2D eigenvalue weighted by Gasteiger charge is -2.21. The maximum absolute atomic E-state index is 5.75. The van der Waals surface area contributed by atoms with E-state index in [9.17, 15) is 0 Å². The van der Waals surface area contributed by atoms with Crippen molar-refractivity contribution in [2.24, 2.45) is 0 Å². The van der Waals surface area contributed by atoms with Crippen molar-refractivity contribution in [1.82, 2.24) is 0 Å². The zero-order chi connectivity index (χ0) is 10.8. The first kappa shape index (κ1) is 12.1. The van der Waals surface area contributed by atoms with E-state index < -0.39 is 0 Å². The smallest absolute Gasteiger partial charge is 0.120 e. The van der Waals surface area contributed by atoms with Gasteiger partial charge in [0.2, 0.25) is 0 Å². The van der Waals surface area contributed by atoms with Crippen molar-refractivity contribution in [1.29, 1.82) is 0 Å². The van der Waals surface area contributed by atoms with Gasteiger partial charge in [-0.2, -0.15) is 0 Å². The highest BCUT2D eigenvalue weighted by molar-refractivity contribution is 9.24. The number of alkyl halides is 2. The van der Waals surface area contributed by atoms with Crippen molar-refractivity contribution in [3.8, 4) is 5.75 Å². The molecule has 0 saturated heterocycles. The summed E-state index contributed by atoms with van der Waals surface area (Å²) in [6.07, 6.45) is 0. The first-order valence-corrected chi connectivity index (χ1v) is 6.29. The topological polar surface area (TPSA) is 9.23 Å². The predicted octanol–water partition coefficient (Wildman–Crippen LogP) is 4.65. The molecule has 1 aromatic carbocycles. The minimum atomic E-state index is -0.146. The third-order valence-electron chi connectivity index (χ3n) is 1.53. The van der Waals surface area contributed by atoms with Gasteiger partial charge in [-0.1, -0.05) is 44.0 Å². The molecule has 0 heterocycles. The number of ether oxygens (including phenoxy) is 1. The van der Waals surface area contributed by atoms with Gasteiger partial charge in [0.25, 0.3) is 0 Å². The Morgan fingerprint density at radius 2 is 1.86 bits per heavy atom. The average molecular weight is 322 g/mol. The van der Waals surface area contributed by atoms with Crippen LogP contribution in [0.5, 0.6) is 5.75 Å². The summed E-state index contributed by atoms with van der Waals surface area (Å²) in [5.41, 5.74) is 1.01. The molecule has 78 valence electrons. The predicted molar refractivity (Wildman–Crippen MR) is 67.4 cm³/mol. The molecular formula is C11H14Br2O. The van der Waals surface area contributed by atoms with E-state index >= 15 is 0 Å². The van der Waals surface area contributed by atoms with Crippen molar-refractivity contribution in [3.63, 3.8) is 0 Å². The van der Waals surface area contributed by atoms with Crippen LogP contribution in [-0.4, -0.2) is 5.60 Å². The Hall–Kier alpha value is -0.0200. The van der Waals surface area contributed by atoms with E-state index in [2.05, 4.69) is 31.9 Å². The van der Waals surface area contributed by atoms with Crippen molar-refractivity contribution in [3.05, 3.63) is 29.8 Å².